The maximum absolute atomic E-state index is 7.63. The first-order chi connectivity index (χ1) is 25.1. The van der Waals surface area contributed by atoms with Gasteiger partial charge in [-0.2, -0.15) is 0 Å². The van der Waals surface area contributed by atoms with Crippen molar-refractivity contribution in [1.82, 2.24) is 19.8 Å². The molecule has 2 unspecified atom stereocenters. The summed E-state index contributed by atoms with van der Waals surface area (Å²) >= 11 is 17.6. The number of rotatable bonds is 12. The lowest BCUT2D eigenvalue weighted by molar-refractivity contribution is 0.233. The van der Waals surface area contributed by atoms with Gasteiger partial charge in [0, 0.05) is 43.8 Å². The molecule has 2 fully saturated rings. The van der Waals surface area contributed by atoms with Gasteiger partial charge in [-0.25, -0.2) is 5.84 Å². The number of benzene rings is 2. The molecule has 4 aromatic rings. The number of nitrogens with one attached hydrogen (secondary N) is 2. The van der Waals surface area contributed by atoms with Gasteiger partial charge in [-0.05, 0) is 128 Å². The van der Waals surface area contributed by atoms with E-state index in [2.05, 4.69) is 89.4 Å². The van der Waals surface area contributed by atoms with E-state index >= 15 is 0 Å². The van der Waals surface area contributed by atoms with Crippen LogP contribution in [0.15, 0.2) is 46.4 Å². The number of fused-ring (bicyclic) bond motifs is 2. The lowest BCUT2D eigenvalue weighted by Crippen LogP contribution is -2.59. The zero-order valence-electron chi connectivity index (χ0n) is 30.9. The number of thioether (sulfide) groups is 2. The molecule has 8 rings (SSSR count). The molecule has 2 aromatic carbocycles. The Morgan fingerprint density at radius 2 is 1.31 bits per heavy atom. The molecule has 2 saturated carbocycles. The van der Waals surface area contributed by atoms with Crippen LogP contribution in [-0.2, 0) is 0 Å². The summed E-state index contributed by atoms with van der Waals surface area (Å²) < 4.78 is 0. The summed E-state index contributed by atoms with van der Waals surface area (Å²) in [4.78, 5) is 22.4. The monoisotopic (exact) mass is 778 g/mol. The van der Waals surface area contributed by atoms with Gasteiger partial charge in [-0.3, -0.25) is 9.98 Å². The molecule has 4 atom stereocenters. The topological polar surface area (TPSA) is 92.0 Å². The number of hydrogen-bond acceptors (Lipinski definition) is 8. The number of H-pyrrole nitrogens is 2. The number of aromatic amines is 2. The Labute approximate surface area is 326 Å². The van der Waals surface area contributed by atoms with Crippen molar-refractivity contribution in [3.8, 4) is 0 Å². The minimum atomic E-state index is -0.296. The molecule has 2 aromatic heterocycles. The summed E-state index contributed by atoms with van der Waals surface area (Å²) in [5.74, 6) is 10.3. The minimum Gasteiger partial charge on any atom is -0.353 e. The molecule has 0 bridgehead atoms. The van der Waals surface area contributed by atoms with Crippen molar-refractivity contribution in [2.24, 2.45) is 21.7 Å². The molecular formula is C40H52Cl2N8S2. The van der Waals surface area contributed by atoms with Crippen molar-refractivity contribution < 1.29 is 0 Å². The second-order valence-corrected chi connectivity index (χ2v) is 18.9. The molecule has 52 heavy (non-hydrogen) atoms. The van der Waals surface area contributed by atoms with Gasteiger partial charge in [-0.1, -0.05) is 42.5 Å². The van der Waals surface area contributed by atoms with E-state index in [1.165, 1.54) is 36.8 Å². The second-order valence-electron chi connectivity index (χ2n) is 16.0. The van der Waals surface area contributed by atoms with E-state index in [1.807, 2.05) is 23.5 Å². The minimum absolute atomic E-state index is 0.190. The summed E-state index contributed by atoms with van der Waals surface area (Å²) in [5.41, 5.74) is 6.28. The SMILES string of the molecule is CN(C)CC[C@@H]1CSC(c2cc3cc(Cl)cc(C4CCCC4(C4CCCC4)N(N)c4cc(Cl)cc5cc(C6=N[C@H](CCN(C)C)CS6)[nH]c45)c3[nH]2)=N1. The van der Waals surface area contributed by atoms with Crippen LogP contribution in [0.5, 0.6) is 0 Å². The van der Waals surface area contributed by atoms with Gasteiger partial charge < -0.3 is 24.8 Å². The van der Waals surface area contributed by atoms with E-state index in [0.29, 0.717) is 23.0 Å². The van der Waals surface area contributed by atoms with Gasteiger partial charge in [0.15, 0.2) is 0 Å². The predicted octanol–water partition coefficient (Wildman–Crippen LogP) is 9.16. The molecule has 8 nitrogen and oxygen atoms in total. The first kappa shape index (κ1) is 36.8. The molecule has 0 spiro atoms. The van der Waals surface area contributed by atoms with Crippen LogP contribution in [0.3, 0.4) is 0 Å². The quantitative estimate of drug-likeness (QED) is 0.0982. The van der Waals surface area contributed by atoms with Gasteiger partial charge >= 0.3 is 0 Å². The molecule has 2 aliphatic heterocycles. The molecule has 0 radical (unpaired) electrons. The second kappa shape index (κ2) is 15.2. The average Bonchev–Trinajstić information content (AvgIpc) is 3.95. The van der Waals surface area contributed by atoms with Crippen LogP contribution in [0, 0.1) is 5.92 Å². The van der Waals surface area contributed by atoms with E-state index in [0.717, 1.165) is 105 Å². The number of halogens is 2. The molecule has 4 heterocycles. The first-order valence-electron chi connectivity index (χ1n) is 19.0. The van der Waals surface area contributed by atoms with Gasteiger partial charge in [0.25, 0.3) is 0 Å². The maximum atomic E-state index is 7.63. The van der Waals surface area contributed by atoms with Crippen LogP contribution in [-0.4, -0.2) is 100 Å². The Kier molecular flexibility index (Phi) is 10.7. The van der Waals surface area contributed by atoms with E-state index < -0.39 is 0 Å². The Bertz CT molecular complexity index is 2000. The van der Waals surface area contributed by atoms with Crippen LogP contribution in [0.1, 0.15) is 80.7 Å². The van der Waals surface area contributed by atoms with Crippen LogP contribution >= 0.6 is 46.7 Å². The molecule has 12 heteroatoms. The zero-order chi connectivity index (χ0) is 36.1. The molecule has 0 saturated heterocycles. The molecular weight excluding hydrogens is 728 g/mol. The molecule has 278 valence electrons. The van der Waals surface area contributed by atoms with Gasteiger partial charge in [0.05, 0.1) is 40.2 Å². The fourth-order valence-electron chi connectivity index (χ4n) is 9.42. The summed E-state index contributed by atoms with van der Waals surface area (Å²) in [6, 6.07) is 13.6. The fourth-order valence-corrected chi connectivity index (χ4v) is 12.0. The lowest BCUT2D eigenvalue weighted by atomic mass is 9.71. The lowest BCUT2D eigenvalue weighted by Gasteiger charge is -2.49. The van der Waals surface area contributed by atoms with E-state index in [4.69, 9.17) is 39.0 Å². The largest absolute Gasteiger partial charge is 0.353 e. The van der Waals surface area contributed by atoms with Gasteiger partial charge in [0.2, 0.25) is 0 Å². The van der Waals surface area contributed by atoms with Crippen molar-refractivity contribution >= 4 is 84.3 Å². The van der Waals surface area contributed by atoms with Crippen LogP contribution < -0.4 is 10.9 Å². The normalized spacial score (nSPS) is 25.4. The third kappa shape index (κ3) is 7.06. The maximum Gasteiger partial charge on any atom is 0.114 e. The Balaban J connectivity index is 1.18. The Hall–Kier alpha value is -2.18. The highest BCUT2D eigenvalue weighted by Gasteiger charge is 2.54. The Morgan fingerprint density at radius 3 is 1.90 bits per heavy atom. The number of nitrogens with two attached hydrogens (primary N) is 1. The van der Waals surface area contributed by atoms with E-state index in [9.17, 15) is 0 Å². The van der Waals surface area contributed by atoms with Crippen molar-refractivity contribution in [1.29, 1.82) is 0 Å². The average molecular weight is 780 g/mol. The molecule has 4 aliphatic rings. The number of anilines is 1. The zero-order valence-corrected chi connectivity index (χ0v) is 34.0. The van der Waals surface area contributed by atoms with Crippen molar-refractivity contribution in [2.75, 3.05) is 57.8 Å². The smallest absolute Gasteiger partial charge is 0.114 e. The summed E-state index contributed by atoms with van der Waals surface area (Å²) in [6.45, 7) is 2.08. The van der Waals surface area contributed by atoms with Gasteiger partial charge in [0.1, 0.15) is 10.1 Å². The summed E-state index contributed by atoms with van der Waals surface area (Å²) in [6.07, 6.45) is 10.1. The Morgan fingerprint density at radius 1 is 0.750 bits per heavy atom. The highest BCUT2D eigenvalue weighted by molar-refractivity contribution is 8.15. The number of hydrogen-bond donors (Lipinski definition) is 3. The highest BCUT2D eigenvalue weighted by atomic mass is 35.5. The number of nitrogens with zero attached hydrogens (tertiary/aromatic N) is 5. The van der Waals surface area contributed by atoms with Crippen LogP contribution in [0.2, 0.25) is 10.0 Å². The van der Waals surface area contributed by atoms with E-state index in [-0.39, 0.29) is 11.5 Å². The third-order valence-electron chi connectivity index (χ3n) is 11.9. The standard InChI is InChI=1S/C40H52Cl2N8S2/c1-48(2)14-11-29-22-51-38(44-29)33-18-24-16-27(41)20-31(36(24)46-33)32-10-7-13-40(32,26-8-5-6-9-26)50(43)35-21-28(42)17-25-19-34(47-37(25)35)39-45-30(23-52-39)12-15-49(3)4/h16-21,26,29-30,32,46-47H,5-15,22-23,43H2,1-4H3/t29-,30-,32?,40?/m1/s1. The van der Waals surface area contributed by atoms with Crippen molar-refractivity contribution in [3.05, 3.63) is 63.4 Å². The fraction of sp³-hybridized carbons (Fsp3) is 0.550. The molecule has 4 N–H and O–H groups in total. The van der Waals surface area contributed by atoms with Crippen molar-refractivity contribution in [3.63, 3.8) is 0 Å². The highest BCUT2D eigenvalue weighted by Crippen LogP contribution is 2.57. The summed E-state index contributed by atoms with van der Waals surface area (Å²) in [7, 11) is 8.51. The third-order valence-corrected chi connectivity index (χ3v) is 14.7. The number of aromatic nitrogens is 2. The first-order valence-corrected chi connectivity index (χ1v) is 21.7. The molecule has 2 aliphatic carbocycles. The number of hydrazine groups is 1. The van der Waals surface area contributed by atoms with Gasteiger partial charge in [-0.15, -0.1) is 23.5 Å². The number of aliphatic imine (C=N–C) groups is 2. The van der Waals surface area contributed by atoms with Crippen LogP contribution in [0.4, 0.5) is 5.69 Å². The van der Waals surface area contributed by atoms with E-state index in [1.54, 1.807) is 0 Å². The predicted molar refractivity (Wildman–Crippen MR) is 226 cm³/mol. The summed E-state index contributed by atoms with van der Waals surface area (Å²) in [5, 5.41) is 8.02. The van der Waals surface area contributed by atoms with Crippen LogP contribution in [0.25, 0.3) is 21.8 Å². The van der Waals surface area contributed by atoms with Crippen molar-refractivity contribution in [2.45, 2.75) is 81.3 Å². The molecule has 0 amide bonds.